The van der Waals surface area contributed by atoms with Crippen molar-refractivity contribution < 1.29 is 28.8 Å². The van der Waals surface area contributed by atoms with E-state index in [1.54, 1.807) is 27.9 Å². The molecule has 0 aromatic heterocycles. The van der Waals surface area contributed by atoms with Crippen LogP contribution in [0, 0.1) is 11.3 Å². The minimum atomic E-state index is -1.78. The van der Waals surface area contributed by atoms with E-state index in [0.717, 1.165) is 0 Å². The highest BCUT2D eigenvalue weighted by molar-refractivity contribution is 5.82. The van der Waals surface area contributed by atoms with Crippen LogP contribution < -0.4 is 0 Å². The fraction of sp³-hybridized carbons (Fsp3) is 0.938. The molecular weight excluding hydrogens is 288 g/mol. The fourth-order valence-electron chi connectivity index (χ4n) is 4.64. The molecule has 1 saturated carbocycles. The minimum absolute atomic E-state index is 0.0869. The van der Waals surface area contributed by atoms with E-state index in [9.17, 15) is 9.90 Å². The molecule has 6 heteroatoms. The van der Waals surface area contributed by atoms with Crippen LogP contribution in [0.1, 0.15) is 41.5 Å². The van der Waals surface area contributed by atoms with E-state index in [1.165, 1.54) is 7.11 Å². The Bertz CT molecular complexity index is 491. The molecule has 1 heterocycles. The van der Waals surface area contributed by atoms with Crippen LogP contribution in [0.3, 0.4) is 0 Å². The number of ether oxygens (including phenoxy) is 4. The van der Waals surface area contributed by atoms with E-state index >= 15 is 0 Å². The lowest BCUT2D eigenvalue weighted by Crippen LogP contribution is -2.83. The lowest BCUT2D eigenvalue weighted by Gasteiger charge is -2.67. The van der Waals surface area contributed by atoms with Crippen LogP contribution in [-0.2, 0) is 23.7 Å². The van der Waals surface area contributed by atoms with E-state index < -0.39 is 39.7 Å². The van der Waals surface area contributed by atoms with Gasteiger partial charge in [-0.2, -0.15) is 0 Å². The van der Waals surface area contributed by atoms with Gasteiger partial charge < -0.3 is 24.1 Å². The molecule has 0 bridgehead atoms. The molecule has 128 valence electrons. The van der Waals surface area contributed by atoms with Crippen LogP contribution in [0.4, 0.5) is 0 Å². The summed E-state index contributed by atoms with van der Waals surface area (Å²) in [5, 5.41) is 11.4. The maximum Gasteiger partial charge on any atom is 0.338 e. The molecule has 6 nitrogen and oxygen atoms in total. The van der Waals surface area contributed by atoms with Gasteiger partial charge >= 0.3 is 5.97 Å². The monoisotopic (exact) mass is 316 g/mol. The molecule has 2 aliphatic rings. The summed E-state index contributed by atoms with van der Waals surface area (Å²) in [5.74, 6) is -1.25. The number of carbonyl (C=O) groups excluding carboxylic acids is 1. The molecule has 2 unspecified atom stereocenters. The topological polar surface area (TPSA) is 74.2 Å². The Morgan fingerprint density at radius 2 is 1.68 bits per heavy atom. The first-order valence-corrected chi connectivity index (χ1v) is 7.54. The zero-order valence-corrected chi connectivity index (χ0v) is 14.8. The molecule has 0 aromatic rings. The van der Waals surface area contributed by atoms with E-state index in [0.29, 0.717) is 0 Å². The highest BCUT2D eigenvalue weighted by Gasteiger charge is 2.81. The van der Waals surface area contributed by atoms with Gasteiger partial charge in [-0.15, -0.1) is 0 Å². The van der Waals surface area contributed by atoms with Crippen molar-refractivity contribution in [3.63, 3.8) is 0 Å². The first kappa shape index (κ1) is 17.7. The summed E-state index contributed by atoms with van der Waals surface area (Å²) in [6, 6.07) is 0. The Labute approximate surface area is 132 Å². The Morgan fingerprint density at radius 3 is 2.14 bits per heavy atom. The van der Waals surface area contributed by atoms with Crippen LogP contribution in [0.15, 0.2) is 0 Å². The van der Waals surface area contributed by atoms with Crippen molar-refractivity contribution in [2.24, 2.45) is 11.3 Å². The van der Waals surface area contributed by atoms with E-state index in [1.807, 2.05) is 20.8 Å². The second-order valence-corrected chi connectivity index (χ2v) is 7.39. The molecule has 0 amide bonds. The highest BCUT2D eigenvalue weighted by atomic mass is 16.7. The molecule has 0 radical (unpaired) electrons. The minimum Gasteiger partial charge on any atom is -0.467 e. The summed E-state index contributed by atoms with van der Waals surface area (Å²) >= 11 is 0. The lowest BCUT2D eigenvalue weighted by atomic mass is 9.44. The van der Waals surface area contributed by atoms with Crippen LogP contribution in [0.25, 0.3) is 0 Å². The molecule has 2 fully saturated rings. The van der Waals surface area contributed by atoms with E-state index in [4.69, 9.17) is 18.9 Å². The molecule has 1 N–H and O–H groups in total. The van der Waals surface area contributed by atoms with Gasteiger partial charge in [0.2, 0.25) is 0 Å². The Kier molecular flexibility index (Phi) is 3.74. The zero-order chi connectivity index (χ0) is 17.2. The average molecular weight is 316 g/mol. The van der Waals surface area contributed by atoms with Gasteiger partial charge in [-0.1, -0.05) is 20.8 Å². The lowest BCUT2D eigenvalue weighted by molar-refractivity contribution is -0.330. The summed E-state index contributed by atoms with van der Waals surface area (Å²) in [6.45, 7) is 11.1. The number of esters is 1. The summed E-state index contributed by atoms with van der Waals surface area (Å²) in [7, 11) is 2.83. The van der Waals surface area contributed by atoms with Gasteiger partial charge in [-0.25, -0.2) is 4.79 Å². The van der Waals surface area contributed by atoms with Crippen molar-refractivity contribution in [2.45, 2.75) is 63.9 Å². The SMILES string of the molecule is COC(=O)C1(O)C(C)[C@@]2(C)OCO[C@@]2(C)[C@](C)(OC)C1(C)C. The largest absolute Gasteiger partial charge is 0.467 e. The third-order valence-electron chi connectivity index (χ3n) is 7.07. The van der Waals surface area contributed by atoms with Gasteiger partial charge in [0.25, 0.3) is 0 Å². The number of fused-ring (bicyclic) bond motifs is 1. The molecule has 1 saturated heterocycles. The maximum absolute atomic E-state index is 12.5. The third kappa shape index (κ3) is 1.47. The van der Waals surface area contributed by atoms with Gasteiger partial charge in [0.05, 0.1) is 7.11 Å². The van der Waals surface area contributed by atoms with Gasteiger partial charge in [0, 0.05) is 18.4 Å². The summed E-state index contributed by atoms with van der Waals surface area (Å²) < 4.78 is 22.6. The van der Waals surface area contributed by atoms with Crippen LogP contribution in [0.5, 0.6) is 0 Å². The van der Waals surface area contributed by atoms with E-state index in [2.05, 4.69) is 0 Å². The molecule has 22 heavy (non-hydrogen) atoms. The fourth-order valence-corrected chi connectivity index (χ4v) is 4.64. The first-order valence-electron chi connectivity index (χ1n) is 7.54. The number of methoxy groups -OCH3 is 2. The summed E-state index contributed by atoms with van der Waals surface area (Å²) in [6.07, 6.45) is 0. The third-order valence-corrected chi connectivity index (χ3v) is 7.07. The Morgan fingerprint density at radius 1 is 1.14 bits per heavy atom. The van der Waals surface area contributed by atoms with Crippen LogP contribution in [0.2, 0.25) is 0 Å². The van der Waals surface area contributed by atoms with Crippen molar-refractivity contribution >= 4 is 5.97 Å². The van der Waals surface area contributed by atoms with Crippen LogP contribution >= 0.6 is 0 Å². The standard InChI is InChI=1S/C16H28O6/c1-10-13(4)15(6,22-9-21-13)14(5,20-8)12(2,3)16(10,18)11(17)19-7/h10,18H,9H2,1-8H3/t10?,13-,14-,15-,16?/m1/s1. The molecular formula is C16H28O6. The molecule has 1 aliphatic heterocycles. The zero-order valence-electron chi connectivity index (χ0n) is 14.8. The van der Waals surface area contributed by atoms with Crippen molar-refractivity contribution in [3.8, 4) is 0 Å². The number of hydrogen-bond donors (Lipinski definition) is 1. The van der Waals surface area contributed by atoms with Crippen LogP contribution in [-0.4, -0.2) is 54.5 Å². The molecule has 5 atom stereocenters. The summed E-state index contributed by atoms with van der Waals surface area (Å²) in [5.41, 5.74) is -5.49. The predicted octanol–water partition coefficient (Wildman–Crippen LogP) is 1.49. The van der Waals surface area contributed by atoms with Crippen molar-refractivity contribution in [1.82, 2.24) is 0 Å². The molecule has 1 aliphatic carbocycles. The first-order chi connectivity index (χ1) is 9.90. The maximum atomic E-state index is 12.5. The van der Waals surface area contributed by atoms with Crippen molar-refractivity contribution in [3.05, 3.63) is 0 Å². The van der Waals surface area contributed by atoms with Gasteiger partial charge in [-0.05, 0) is 20.8 Å². The van der Waals surface area contributed by atoms with Crippen molar-refractivity contribution in [2.75, 3.05) is 21.0 Å². The van der Waals surface area contributed by atoms with Crippen molar-refractivity contribution in [1.29, 1.82) is 0 Å². The predicted molar refractivity (Wildman–Crippen MR) is 79.2 cm³/mol. The Balaban J connectivity index is 2.79. The Hall–Kier alpha value is -0.690. The molecule has 0 spiro atoms. The number of carbonyl (C=O) groups is 1. The molecule has 0 aromatic carbocycles. The second-order valence-electron chi connectivity index (χ2n) is 7.39. The van der Waals surface area contributed by atoms with E-state index in [-0.39, 0.29) is 6.79 Å². The number of rotatable bonds is 2. The average Bonchev–Trinajstić information content (AvgIpc) is 2.80. The van der Waals surface area contributed by atoms with Gasteiger partial charge in [-0.3, -0.25) is 0 Å². The second kappa shape index (κ2) is 4.66. The number of aliphatic hydroxyl groups is 1. The quantitative estimate of drug-likeness (QED) is 0.778. The normalized spacial score (nSPS) is 50.5. The molecule has 2 rings (SSSR count). The van der Waals surface area contributed by atoms with Gasteiger partial charge in [0.1, 0.15) is 23.6 Å². The number of hydrogen-bond acceptors (Lipinski definition) is 6. The highest BCUT2D eigenvalue weighted by Crippen LogP contribution is 2.65. The smallest absolute Gasteiger partial charge is 0.338 e. The summed E-state index contributed by atoms with van der Waals surface area (Å²) in [4.78, 5) is 12.5. The van der Waals surface area contributed by atoms with Gasteiger partial charge in [0.15, 0.2) is 5.60 Å².